The first-order chi connectivity index (χ1) is 12.5. The second-order valence-electron chi connectivity index (χ2n) is 5.59. The molecule has 2 aromatic rings. The number of aromatic hydroxyl groups is 1. The molecule has 6 nitrogen and oxygen atoms in total. The number of benzene rings is 2. The van der Waals surface area contributed by atoms with Crippen LogP contribution in [0, 0.1) is 6.92 Å². The first-order valence-electron chi connectivity index (χ1n) is 8.07. The van der Waals surface area contributed by atoms with Crippen LogP contribution in [-0.4, -0.2) is 30.9 Å². The molecule has 0 unspecified atom stereocenters. The van der Waals surface area contributed by atoms with E-state index < -0.39 is 0 Å². The fourth-order valence-corrected chi connectivity index (χ4v) is 2.44. The second-order valence-corrected chi connectivity index (χ2v) is 6.02. The number of carbonyl (C=O) groups is 1. The van der Waals surface area contributed by atoms with Gasteiger partial charge in [0.25, 0.3) is 0 Å². The zero-order chi connectivity index (χ0) is 18.9. The van der Waals surface area contributed by atoms with Crippen LogP contribution >= 0.6 is 11.6 Å². The summed E-state index contributed by atoms with van der Waals surface area (Å²) >= 11 is 5.89. The van der Waals surface area contributed by atoms with Crippen molar-refractivity contribution in [3.05, 3.63) is 52.5 Å². The van der Waals surface area contributed by atoms with Gasteiger partial charge in [-0.05, 0) is 60.9 Å². The number of halogens is 1. The maximum Gasteiger partial charge on any atom is 0.240 e. The van der Waals surface area contributed by atoms with Crippen LogP contribution in [0.1, 0.15) is 24.0 Å². The zero-order valence-corrected chi connectivity index (χ0v) is 15.4. The van der Waals surface area contributed by atoms with Gasteiger partial charge in [0.15, 0.2) is 11.5 Å². The molecule has 0 saturated carbocycles. The largest absolute Gasteiger partial charge is 0.504 e. The summed E-state index contributed by atoms with van der Waals surface area (Å²) in [6, 6.07) is 10.2. The minimum atomic E-state index is -0.213. The quantitative estimate of drug-likeness (QED) is 0.418. The SMILES string of the molecule is COc1ccc(/C=N/NC(=O)CCCOc2ccc(Cl)cc2C)cc1O. The number of ether oxygens (including phenoxy) is 2. The van der Waals surface area contributed by atoms with Gasteiger partial charge in [0, 0.05) is 11.4 Å². The van der Waals surface area contributed by atoms with E-state index in [0.717, 1.165) is 11.3 Å². The Morgan fingerprint density at radius 3 is 2.73 bits per heavy atom. The highest BCUT2D eigenvalue weighted by molar-refractivity contribution is 6.30. The maximum absolute atomic E-state index is 11.8. The molecule has 7 heteroatoms. The maximum atomic E-state index is 11.8. The minimum absolute atomic E-state index is 0.0115. The van der Waals surface area contributed by atoms with Crippen molar-refractivity contribution in [1.29, 1.82) is 0 Å². The summed E-state index contributed by atoms with van der Waals surface area (Å²) in [5.41, 5.74) is 4.04. The summed E-state index contributed by atoms with van der Waals surface area (Å²) in [5.74, 6) is 0.932. The van der Waals surface area contributed by atoms with Gasteiger partial charge in [-0.25, -0.2) is 5.43 Å². The summed E-state index contributed by atoms with van der Waals surface area (Å²) in [5, 5.41) is 14.2. The molecule has 0 heterocycles. The van der Waals surface area contributed by atoms with Gasteiger partial charge in [-0.15, -0.1) is 0 Å². The Labute approximate surface area is 157 Å². The third kappa shape index (κ3) is 5.97. The number of phenolic OH excluding ortho intramolecular Hbond substituents is 1. The van der Waals surface area contributed by atoms with Crippen LogP contribution in [0.2, 0.25) is 5.02 Å². The van der Waals surface area contributed by atoms with Crippen molar-refractivity contribution < 1.29 is 19.4 Å². The van der Waals surface area contributed by atoms with Crippen LogP contribution in [0.5, 0.6) is 17.2 Å². The van der Waals surface area contributed by atoms with E-state index in [4.69, 9.17) is 21.1 Å². The number of aryl methyl sites for hydroxylation is 1. The lowest BCUT2D eigenvalue weighted by atomic mass is 10.2. The number of rotatable bonds is 8. The van der Waals surface area contributed by atoms with E-state index in [1.807, 2.05) is 19.1 Å². The van der Waals surface area contributed by atoms with Gasteiger partial charge in [0.1, 0.15) is 5.75 Å². The molecule has 26 heavy (non-hydrogen) atoms. The van der Waals surface area contributed by atoms with Crippen LogP contribution in [0.3, 0.4) is 0 Å². The van der Waals surface area contributed by atoms with E-state index in [9.17, 15) is 9.90 Å². The number of nitrogens with zero attached hydrogens (tertiary/aromatic N) is 1. The number of hydrogen-bond acceptors (Lipinski definition) is 5. The summed E-state index contributed by atoms with van der Waals surface area (Å²) < 4.78 is 10.6. The van der Waals surface area contributed by atoms with Crippen molar-refractivity contribution in [3.63, 3.8) is 0 Å². The Kier molecular flexibility index (Phi) is 7.29. The Morgan fingerprint density at radius 1 is 1.27 bits per heavy atom. The number of phenols is 1. The molecule has 0 atom stereocenters. The lowest BCUT2D eigenvalue weighted by Crippen LogP contribution is -2.18. The van der Waals surface area contributed by atoms with Crippen molar-refractivity contribution in [2.24, 2.45) is 5.10 Å². The average molecular weight is 377 g/mol. The van der Waals surface area contributed by atoms with Gasteiger partial charge in [-0.2, -0.15) is 5.10 Å². The Morgan fingerprint density at radius 2 is 2.04 bits per heavy atom. The third-order valence-corrected chi connectivity index (χ3v) is 3.78. The van der Waals surface area contributed by atoms with Crippen molar-refractivity contribution in [2.45, 2.75) is 19.8 Å². The Hall–Kier alpha value is -2.73. The van der Waals surface area contributed by atoms with Crippen molar-refractivity contribution >= 4 is 23.7 Å². The smallest absolute Gasteiger partial charge is 0.240 e. The summed E-state index contributed by atoms with van der Waals surface area (Å²) in [6.45, 7) is 2.34. The lowest BCUT2D eigenvalue weighted by molar-refractivity contribution is -0.121. The summed E-state index contributed by atoms with van der Waals surface area (Å²) in [4.78, 5) is 11.8. The molecule has 2 aromatic carbocycles. The second kappa shape index (κ2) is 9.68. The van der Waals surface area contributed by atoms with Crippen molar-refractivity contribution in [2.75, 3.05) is 13.7 Å². The molecule has 0 bridgehead atoms. The van der Waals surface area contributed by atoms with Crippen LogP contribution in [-0.2, 0) is 4.79 Å². The highest BCUT2D eigenvalue weighted by Gasteiger charge is 2.03. The molecule has 2 N–H and O–H groups in total. The number of amides is 1. The highest BCUT2D eigenvalue weighted by Crippen LogP contribution is 2.25. The third-order valence-electron chi connectivity index (χ3n) is 3.55. The van der Waals surface area contributed by atoms with E-state index >= 15 is 0 Å². The van der Waals surface area contributed by atoms with E-state index in [-0.39, 0.29) is 18.1 Å². The van der Waals surface area contributed by atoms with E-state index in [1.54, 1.807) is 18.2 Å². The normalized spacial score (nSPS) is 10.7. The van der Waals surface area contributed by atoms with Gasteiger partial charge >= 0.3 is 0 Å². The molecule has 0 aliphatic carbocycles. The molecule has 138 valence electrons. The molecule has 0 saturated heterocycles. The topological polar surface area (TPSA) is 80.2 Å². The standard InChI is InChI=1S/C19H21ClN2O4/c1-13-10-15(20)6-8-17(13)26-9-3-4-19(24)22-21-12-14-5-7-18(25-2)16(23)11-14/h5-8,10-12,23H,3-4,9H2,1-2H3,(H,22,24)/b21-12+. The van der Waals surface area contributed by atoms with Crippen LogP contribution < -0.4 is 14.9 Å². The monoisotopic (exact) mass is 376 g/mol. The number of methoxy groups -OCH3 is 1. The summed E-state index contributed by atoms with van der Waals surface area (Å²) in [6.07, 6.45) is 2.30. The molecular weight excluding hydrogens is 356 g/mol. The van der Waals surface area contributed by atoms with Crippen LogP contribution in [0.15, 0.2) is 41.5 Å². The number of nitrogens with one attached hydrogen (secondary N) is 1. The van der Waals surface area contributed by atoms with Gasteiger partial charge in [-0.3, -0.25) is 4.79 Å². The Balaban J connectivity index is 1.71. The number of hydrogen-bond donors (Lipinski definition) is 2. The molecule has 0 spiro atoms. The molecular formula is C19H21ClN2O4. The molecule has 1 amide bonds. The first kappa shape index (κ1) is 19.6. The Bertz CT molecular complexity index is 793. The number of carbonyl (C=O) groups excluding carboxylic acids is 1. The van der Waals surface area contributed by atoms with Crippen molar-refractivity contribution in [3.8, 4) is 17.2 Å². The van der Waals surface area contributed by atoms with Crippen LogP contribution in [0.4, 0.5) is 0 Å². The van der Waals surface area contributed by atoms with Gasteiger partial charge in [-0.1, -0.05) is 11.6 Å². The molecule has 0 fully saturated rings. The fourth-order valence-electron chi connectivity index (χ4n) is 2.21. The molecule has 0 aliphatic rings. The number of hydrazone groups is 1. The molecule has 0 aromatic heterocycles. The molecule has 0 radical (unpaired) electrons. The van der Waals surface area contributed by atoms with Gasteiger partial charge < -0.3 is 14.6 Å². The predicted octanol–water partition coefficient (Wildman–Crippen LogP) is 3.67. The van der Waals surface area contributed by atoms with Crippen LogP contribution in [0.25, 0.3) is 0 Å². The van der Waals surface area contributed by atoms with Gasteiger partial charge in [0.05, 0.1) is 19.9 Å². The fraction of sp³-hybridized carbons (Fsp3) is 0.263. The van der Waals surface area contributed by atoms with Gasteiger partial charge in [0.2, 0.25) is 5.91 Å². The minimum Gasteiger partial charge on any atom is -0.504 e. The lowest BCUT2D eigenvalue weighted by Gasteiger charge is -2.08. The van der Waals surface area contributed by atoms with E-state index in [1.165, 1.54) is 19.4 Å². The average Bonchev–Trinajstić information content (AvgIpc) is 2.60. The predicted molar refractivity (Wildman–Crippen MR) is 101 cm³/mol. The highest BCUT2D eigenvalue weighted by atomic mass is 35.5. The zero-order valence-electron chi connectivity index (χ0n) is 14.7. The van der Waals surface area contributed by atoms with E-state index in [0.29, 0.717) is 29.4 Å². The first-order valence-corrected chi connectivity index (χ1v) is 8.45. The summed E-state index contributed by atoms with van der Waals surface area (Å²) in [7, 11) is 1.47. The van der Waals surface area contributed by atoms with E-state index in [2.05, 4.69) is 10.5 Å². The molecule has 0 aliphatic heterocycles. The molecule has 2 rings (SSSR count). The van der Waals surface area contributed by atoms with Crippen molar-refractivity contribution in [1.82, 2.24) is 5.43 Å².